The summed E-state index contributed by atoms with van der Waals surface area (Å²) in [7, 11) is 1.62. The van der Waals surface area contributed by atoms with Crippen LogP contribution >= 0.6 is 0 Å². The van der Waals surface area contributed by atoms with Crippen LogP contribution in [0.3, 0.4) is 0 Å². The summed E-state index contributed by atoms with van der Waals surface area (Å²) in [6.45, 7) is 4.48. The molecule has 1 aromatic carbocycles. The monoisotopic (exact) mass is 206 g/mol. The molecule has 0 spiro atoms. The van der Waals surface area contributed by atoms with Gasteiger partial charge in [-0.3, -0.25) is 4.79 Å². The van der Waals surface area contributed by atoms with Gasteiger partial charge in [0.25, 0.3) is 0 Å². The van der Waals surface area contributed by atoms with Crippen LogP contribution in [0.15, 0.2) is 36.9 Å². The first kappa shape index (κ1) is 11.5. The summed E-state index contributed by atoms with van der Waals surface area (Å²) in [6.07, 6.45) is 1.29. The zero-order valence-electron chi connectivity index (χ0n) is 8.73. The average Bonchev–Trinajstić information content (AvgIpc) is 2.29. The molecule has 0 bridgehead atoms. The predicted molar refractivity (Wildman–Crippen MR) is 58.3 cm³/mol. The van der Waals surface area contributed by atoms with E-state index in [1.165, 1.54) is 6.08 Å². The van der Waals surface area contributed by atoms with Crippen molar-refractivity contribution in [3.8, 4) is 5.75 Å². The van der Waals surface area contributed by atoms with E-state index in [4.69, 9.17) is 9.47 Å². The van der Waals surface area contributed by atoms with Gasteiger partial charge in [0.1, 0.15) is 12.4 Å². The molecule has 0 fully saturated rings. The highest BCUT2D eigenvalue weighted by Gasteiger charge is 2.00. The van der Waals surface area contributed by atoms with Gasteiger partial charge in [-0.15, -0.1) is 0 Å². The molecule has 15 heavy (non-hydrogen) atoms. The van der Waals surface area contributed by atoms with Crippen molar-refractivity contribution >= 4 is 5.78 Å². The molecule has 0 atom stereocenters. The Labute approximate surface area is 89.3 Å². The van der Waals surface area contributed by atoms with E-state index < -0.39 is 0 Å². The highest BCUT2D eigenvalue weighted by molar-refractivity contribution is 6.04. The quantitative estimate of drug-likeness (QED) is 0.406. The molecule has 3 heteroatoms. The van der Waals surface area contributed by atoms with Crippen LogP contribution in [0.5, 0.6) is 5.75 Å². The fourth-order valence-electron chi connectivity index (χ4n) is 1.08. The first-order valence-corrected chi connectivity index (χ1v) is 4.66. The van der Waals surface area contributed by atoms with Crippen molar-refractivity contribution < 1.29 is 14.3 Å². The van der Waals surface area contributed by atoms with Crippen LogP contribution in [0.25, 0.3) is 0 Å². The molecule has 0 amide bonds. The lowest BCUT2D eigenvalue weighted by Crippen LogP contribution is -2.04. The number of ketones is 1. The standard InChI is InChI=1S/C12H14O3/c1-3-12(13)10-4-6-11(7-5-10)15-9-8-14-2/h3-7H,1,8-9H2,2H3. The first-order valence-electron chi connectivity index (χ1n) is 4.66. The molecule has 0 heterocycles. The smallest absolute Gasteiger partial charge is 0.185 e. The number of methoxy groups -OCH3 is 1. The number of rotatable bonds is 6. The summed E-state index contributed by atoms with van der Waals surface area (Å²) in [5.41, 5.74) is 0.615. The van der Waals surface area contributed by atoms with Crippen molar-refractivity contribution in [1.29, 1.82) is 0 Å². The third-order valence-electron chi connectivity index (χ3n) is 1.88. The second kappa shape index (κ2) is 5.98. The number of hydrogen-bond acceptors (Lipinski definition) is 3. The maximum atomic E-state index is 11.2. The van der Waals surface area contributed by atoms with E-state index in [9.17, 15) is 4.79 Å². The van der Waals surface area contributed by atoms with Gasteiger partial charge in [0.2, 0.25) is 0 Å². The predicted octanol–water partition coefficient (Wildman–Crippen LogP) is 2.08. The Bertz CT molecular complexity index is 327. The Balaban J connectivity index is 2.56. The number of allylic oxidation sites excluding steroid dienone is 1. The summed E-state index contributed by atoms with van der Waals surface area (Å²) in [5, 5.41) is 0. The van der Waals surface area contributed by atoms with Crippen LogP contribution in [0.1, 0.15) is 10.4 Å². The van der Waals surface area contributed by atoms with Crippen molar-refractivity contribution in [2.45, 2.75) is 0 Å². The molecule has 0 aliphatic carbocycles. The van der Waals surface area contributed by atoms with Crippen molar-refractivity contribution in [2.24, 2.45) is 0 Å². The summed E-state index contributed by atoms with van der Waals surface area (Å²) < 4.78 is 10.2. The zero-order chi connectivity index (χ0) is 11.1. The van der Waals surface area contributed by atoms with Crippen molar-refractivity contribution in [3.63, 3.8) is 0 Å². The molecule has 1 rings (SSSR count). The lowest BCUT2D eigenvalue weighted by Gasteiger charge is -2.05. The second-order valence-corrected chi connectivity index (χ2v) is 2.93. The Kier molecular flexibility index (Phi) is 4.57. The molecule has 3 nitrogen and oxygen atoms in total. The van der Waals surface area contributed by atoms with E-state index in [0.29, 0.717) is 18.8 Å². The minimum absolute atomic E-state index is 0.0848. The molecule has 80 valence electrons. The highest BCUT2D eigenvalue weighted by atomic mass is 16.5. The van der Waals surface area contributed by atoms with E-state index in [2.05, 4.69) is 6.58 Å². The second-order valence-electron chi connectivity index (χ2n) is 2.93. The highest BCUT2D eigenvalue weighted by Crippen LogP contribution is 2.12. The molecule has 0 saturated heterocycles. The van der Waals surface area contributed by atoms with Crippen LogP contribution in [-0.2, 0) is 4.74 Å². The largest absolute Gasteiger partial charge is 0.491 e. The SMILES string of the molecule is C=CC(=O)c1ccc(OCCOC)cc1. The van der Waals surface area contributed by atoms with Gasteiger partial charge in [-0.2, -0.15) is 0 Å². The fraction of sp³-hybridized carbons (Fsp3) is 0.250. The number of carbonyl (C=O) groups excluding carboxylic acids is 1. The van der Waals surface area contributed by atoms with Gasteiger partial charge in [0.05, 0.1) is 6.61 Å². The number of carbonyl (C=O) groups is 1. The van der Waals surface area contributed by atoms with Gasteiger partial charge in [-0.25, -0.2) is 0 Å². The molecule has 0 unspecified atom stereocenters. The molecule has 1 aromatic rings. The first-order chi connectivity index (χ1) is 7.27. The summed E-state index contributed by atoms with van der Waals surface area (Å²) >= 11 is 0. The van der Waals surface area contributed by atoms with Gasteiger partial charge in [-0.05, 0) is 30.3 Å². The van der Waals surface area contributed by atoms with E-state index in [1.807, 2.05) is 0 Å². The topological polar surface area (TPSA) is 35.5 Å². The Morgan fingerprint density at radius 3 is 2.53 bits per heavy atom. The van der Waals surface area contributed by atoms with Crippen molar-refractivity contribution in [1.82, 2.24) is 0 Å². The van der Waals surface area contributed by atoms with E-state index >= 15 is 0 Å². The van der Waals surface area contributed by atoms with Crippen LogP contribution in [0.2, 0.25) is 0 Å². The van der Waals surface area contributed by atoms with Crippen LogP contribution in [-0.4, -0.2) is 26.1 Å². The fourth-order valence-corrected chi connectivity index (χ4v) is 1.08. The third kappa shape index (κ3) is 3.56. The molecule has 0 aromatic heterocycles. The minimum Gasteiger partial charge on any atom is -0.491 e. The lowest BCUT2D eigenvalue weighted by atomic mass is 10.1. The normalized spacial score (nSPS) is 9.67. The maximum Gasteiger partial charge on any atom is 0.185 e. The number of hydrogen-bond donors (Lipinski definition) is 0. The lowest BCUT2D eigenvalue weighted by molar-refractivity contribution is 0.104. The average molecular weight is 206 g/mol. The van der Waals surface area contributed by atoms with Gasteiger partial charge >= 0.3 is 0 Å². The van der Waals surface area contributed by atoms with E-state index in [1.54, 1.807) is 31.4 Å². The summed E-state index contributed by atoms with van der Waals surface area (Å²) in [6, 6.07) is 6.94. The number of ether oxygens (including phenoxy) is 2. The molecular weight excluding hydrogens is 192 g/mol. The molecule has 0 N–H and O–H groups in total. The van der Waals surface area contributed by atoms with Gasteiger partial charge in [0, 0.05) is 12.7 Å². The number of benzene rings is 1. The zero-order valence-corrected chi connectivity index (χ0v) is 8.73. The molecule has 0 aliphatic heterocycles. The third-order valence-corrected chi connectivity index (χ3v) is 1.88. The minimum atomic E-state index is -0.0848. The van der Waals surface area contributed by atoms with Gasteiger partial charge in [-0.1, -0.05) is 6.58 Å². The van der Waals surface area contributed by atoms with Gasteiger partial charge in [0.15, 0.2) is 5.78 Å². The summed E-state index contributed by atoms with van der Waals surface area (Å²) in [5.74, 6) is 0.645. The van der Waals surface area contributed by atoms with Gasteiger partial charge < -0.3 is 9.47 Å². The Morgan fingerprint density at radius 2 is 2.00 bits per heavy atom. The molecule has 0 saturated carbocycles. The van der Waals surface area contributed by atoms with Crippen molar-refractivity contribution in [3.05, 3.63) is 42.5 Å². The van der Waals surface area contributed by atoms with Crippen LogP contribution < -0.4 is 4.74 Å². The van der Waals surface area contributed by atoms with Crippen LogP contribution in [0.4, 0.5) is 0 Å². The van der Waals surface area contributed by atoms with E-state index in [0.717, 1.165) is 5.75 Å². The molecule has 0 aliphatic rings. The van der Waals surface area contributed by atoms with E-state index in [-0.39, 0.29) is 5.78 Å². The maximum absolute atomic E-state index is 11.2. The van der Waals surface area contributed by atoms with Crippen LogP contribution in [0, 0.1) is 0 Å². The Hall–Kier alpha value is -1.61. The molecule has 0 radical (unpaired) electrons. The van der Waals surface area contributed by atoms with Crippen molar-refractivity contribution in [2.75, 3.05) is 20.3 Å². The molecular formula is C12H14O3. The Morgan fingerprint density at radius 1 is 1.33 bits per heavy atom. The summed E-state index contributed by atoms with van der Waals surface area (Å²) in [4.78, 5) is 11.2.